The van der Waals surface area contributed by atoms with Gasteiger partial charge >= 0.3 is 0 Å². The number of H-pyrrole nitrogens is 1. The lowest BCUT2D eigenvalue weighted by Gasteiger charge is -2.12. The van der Waals surface area contributed by atoms with Gasteiger partial charge in [-0.05, 0) is 17.7 Å². The average molecular weight is 270 g/mol. The fourth-order valence-corrected chi connectivity index (χ4v) is 2.64. The summed E-state index contributed by atoms with van der Waals surface area (Å²) in [7, 11) is 3.89. The molecule has 0 fully saturated rings. The Hall–Kier alpha value is -2.30. The zero-order valence-electron chi connectivity index (χ0n) is 11.7. The molecule has 0 saturated heterocycles. The van der Waals surface area contributed by atoms with Crippen LogP contribution in [0.3, 0.4) is 0 Å². The van der Waals surface area contributed by atoms with Crippen molar-refractivity contribution in [1.29, 1.82) is 0 Å². The van der Waals surface area contributed by atoms with Crippen LogP contribution in [0.15, 0.2) is 29.4 Å². The van der Waals surface area contributed by atoms with Crippen molar-refractivity contribution < 1.29 is 4.79 Å². The largest absolute Gasteiger partial charge is 0.369 e. The van der Waals surface area contributed by atoms with Crippen LogP contribution in [0.4, 0.5) is 0 Å². The minimum Gasteiger partial charge on any atom is -0.369 e. The van der Waals surface area contributed by atoms with E-state index in [4.69, 9.17) is 0 Å². The molecule has 0 aliphatic carbocycles. The van der Waals surface area contributed by atoms with Crippen LogP contribution in [0.5, 0.6) is 0 Å². The maximum Gasteiger partial charge on any atom is 0.252 e. The number of carbonyl (C=O) groups is 1. The third-order valence-corrected chi connectivity index (χ3v) is 3.57. The van der Waals surface area contributed by atoms with Crippen LogP contribution in [0.1, 0.15) is 21.8 Å². The van der Waals surface area contributed by atoms with Crippen LogP contribution >= 0.6 is 0 Å². The summed E-state index contributed by atoms with van der Waals surface area (Å²) in [6.07, 6.45) is 3.81. The summed E-state index contributed by atoms with van der Waals surface area (Å²) in [5.74, 6) is 0.197. The summed E-state index contributed by atoms with van der Waals surface area (Å²) in [5, 5.41) is 4.02. The number of aliphatic imine (C=N–C) groups is 1. The Morgan fingerprint density at radius 2 is 2.30 bits per heavy atom. The van der Waals surface area contributed by atoms with Crippen molar-refractivity contribution in [2.24, 2.45) is 4.99 Å². The van der Waals surface area contributed by atoms with E-state index in [1.54, 1.807) is 0 Å². The quantitative estimate of drug-likeness (QED) is 0.657. The molecule has 1 aliphatic rings. The van der Waals surface area contributed by atoms with Crippen LogP contribution in [0.25, 0.3) is 10.9 Å². The zero-order chi connectivity index (χ0) is 14.1. The molecule has 3 rings (SSSR count). The van der Waals surface area contributed by atoms with Gasteiger partial charge in [0.15, 0.2) is 0 Å². The number of amides is 1. The second-order valence-corrected chi connectivity index (χ2v) is 5.32. The normalized spacial score (nSPS) is 18.3. The zero-order valence-corrected chi connectivity index (χ0v) is 11.7. The van der Waals surface area contributed by atoms with Gasteiger partial charge in [-0.1, -0.05) is 6.07 Å². The van der Waals surface area contributed by atoms with E-state index >= 15 is 0 Å². The minimum absolute atomic E-state index is 0.00413. The number of rotatable bonds is 3. The highest BCUT2D eigenvalue weighted by molar-refractivity contribution is 6.08. The molecule has 104 valence electrons. The Balaban J connectivity index is 2.01. The molecule has 1 aromatic heterocycles. The van der Waals surface area contributed by atoms with E-state index in [0.717, 1.165) is 16.5 Å². The average Bonchev–Trinajstić information content (AvgIpc) is 2.79. The van der Waals surface area contributed by atoms with Gasteiger partial charge in [0.2, 0.25) is 0 Å². The smallest absolute Gasteiger partial charge is 0.252 e. The minimum atomic E-state index is -0.00413. The van der Waals surface area contributed by atoms with Gasteiger partial charge in [0.1, 0.15) is 0 Å². The van der Waals surface area contributed by atoms with E-state index in [1.807, 2.05) is 49.7 Å². The van der Waals surface area contributed by atoms with Crippen LogP contribution in [-0.2, 0) is 0 Å². The lowest BCUT2D eigenvalue weighted by molar-refractivity contribution is 0.0955. The lowest BCUT2D eigenvalue weighted by Crippen LogP contribution is -2.27. The fraction of sp³-hybridized carbons (Fsp3) is 0.333. The summed E-state index contributed by atoms with van der Waals surface area (Å²) >= 11 is 0. The standard InChI is InChI=1S/C15H18N4O/c1-19(2)9-16-6-10-7-18-15(20)11-4-3-5-13-14(11)12(10)8-17-13/h3-5,8-10,17H,6-7H2,1-2H3,(H,18,20)/b16-9+. The molecule has 5 heteroatoms. The van der Waals surface area contributed by atoms with Gasteiger partial charge in [-0.15, -0.1) is 0 Å². The van der Waals surface area contributed by atoms with E-state index in [0.29, 0.717) is 13.1 Å². The molecule has 2 N–H and O–H groups in total. The summed E-state index contributed by atoms with van der Waals surface area (Å²) in [4.78, 5) is 21.8. The Morgan fingerprint density at radius 3 is 3.10 bits per heavy atom. The molecule has 5 nitrogen and oxygen atoms in total. The Kier molecular flexibility index (Phi) is 3.18. The summed E-state index contributed by atoms with van der Waals surface area (Å²) in [6.45, 7) is 1.28. The van der Waals surface area contributed by atoms with E-state index < -0.39 is 0 Å². The Bertz CT molecular complexity index is 672. The van der Waals surface area contributed by atoms with E-state index in [-0.39, 0.29) is 11.8 Å². The first kappa shape index (κ1) is 12.7. The van der Waals surface area contributed by atoms with E-state index in [2.05, 4.69) is 15.3 Å². The molecule has 1 unspecified atom stereocenters. The van der Waals surface area contributed by atoms with Gasteiger partial charge in [0, 0.05) is 55.8 Å². The van der Waals surface area contributed by atoms with E-state index in [1.165, 1.54) is 5.56 Å². The Labute approximate surface area is 117 Å². The van der Waals surface area contributed by atoms with Crippen molar-refractivity contribution >= 4 is 23.1 Å². The van der Waals surface area contributed by atoms with Gasteiger partial charge < -0.3 is 15.2 Å². The number of nitrogens with one attached hydrogen (secondary N) is 2. The van der Waals surface area contributed by atoms with Crippen molar-refractivity contribution in [3.63, 3.8) is 0 Å². The van der Waals surface area contributed by atoms with Crippen molar-refractivity contribution in [1.82, 2.24) is 15.2 Å². The van der Waals surface area contributed by atoms with E-state index in [9.17, 15) is 4.79 Å². The van der Waals surface area contributed by atoms with Crippen LogP contribution in [0, 0.1) is 0 Å². The molecule has 2 heterocycles. The number of hydrogen-bond acceptors (Lipinski definition) is 2. The highest BCUT2D eigenvalue weighted by Crippen LogP contribution is 2.30. The van der Waals surface area contributed by atoms with Crippen LogP contribution in [-0.4, -0.2) is 49.3 Å². The molecule has 0 spiro atoms. The molecule has 20 heavy (non-hydrogen) atoms. The number of aromatic amines is 1. The maximum absolute atomic E-state index is 12.1. The predicted molar refractivity (Wildman–Crippen MR) is 80.4 cm³/mol. The molecule has 1 aliphatic heterocycles. The molecular formula is C15H18N4O. The summed E-state index contributed by atoms with van der Waals surface area (Å²) in [5.41, 5.74) is 2.93. The first-order chi connectivity index (χ1) is 9.66. The SMILES string of the molecule is CN(C)/C=N/CC1CNC(=O)c2cccc3[nH]cc1c23. The van der Waals surface area contributed by atoms with Gasteiger partial charge in [-0.25, -0.2) is 0 Å². The van der Waals surface area contributed by atoms with Crippen molar-refractivity contribution in [3.8, 4) is 0 Å². The second kappa shape index (κ2) is 5.00. The molecule has 1 aromatic carbocycles. The van der Waals surface area contributed by atoms with Gasteiger partial charge in [-0.2, -0.15) is 0 Å². The molecule has 0 saturated carbocycles. The van der Waals surface area contributed by atoms with Crippen molar-refractivity contribution in [3.05, 3.63) is 35.5 Å². The third kappa shape index (κ3) is 2.15. The third-order valence-electron chi connectivity index (χ3n) is 3.57. The molecule has 1 atom stereocenters. The van der Waals surface area contributed by atoms with Crippen molar-refractivity contribution in [2.75, 3.05) is 27.2 Å². The van der Waals surface area contributed by atoms with Gasteiger partial charge in [-0.3, -0.25) is 9.79 Å². The molecule has 2 aromatic rings. The maximum atomic E-state index is 12.1. The predicted octanol–water partition coefficient (Wildman–Crippen LogP) is 1.58. The molecule has 1 amide bonds. The number of hydrogen-bond donors (Lipinski definition) is 2. The number of aromatic nitrogens is 1. The monoisotopic (exact) mass is 270 g/mol. The van der Waals surface area contributed by atoms with Gasteiger partial charge in [0.25, 0.3) is 5.91 Å². The van der Waals surface area contributed by atoms with Gasteiger partial charge in [0.05, 0.1) is 6.34 Å². The number of carbonyl (C=O) groups excluding carboxylic acids is 1. The molecule has 0 bridgehead atoms. The number of nitrogens with zero attached hydrogens (tertiary/aromatic N) is 2. The topological polar surface area (TPSA) is 60.5 Å². The van der Waals surface area contributed by atoms with Crippen molar-refractivity contribution in [2.45, 2.75) is 5.92 Å². The lowest BCUT2D eigenvalue weighted by atomic mass is 9.97. The highest BCUT2D eigenvalue weighted by atomic mass is 16.1. The first-order valence-electron chi connectivity index (χ1n) is 6.71. The van der Waals surface area contributed by atoms with Crippen LogP contribution in [0.2, 0.25) is 0 Å². The highest BCUT2D eigenvalue weighted by Gasteiger charge is 2.24. The number of benzene rings is 1. The summed E-state index contributed by atoms with van der Waals surface area (Å²) in [6, 6.07) is 5.78. The molecular weight excluding hydrogens is 252 g/mol. The molecule has 0 radical (unpaired) electrons. The Morgan fingerprint density at radius 1 is 1.45 bits per heavy atom. The fourth-order valence-electron chi connectivity index (χ4n) is 2.64. The first-order valence-corrected chi connectivity index (χ1v) is 6.71. The van der Waals surface area contributed by atoms with Crippen LogP contribution < -0.4 is 5.32 Å². The second-order valence-electron chi connectivity index (χ2n) is 5.32. The summed E-state index contributed by atoms with van der Waals surface area (Å²) < 4.78 is 0.